The summed E-state index contributed by atoms with van der Waals surface area (Å²) >= 11 is 0. The molecule has 0 spiro atoms. The van der Waals surface area contributed by atoms with E-state index in [0.29, 0.717) is 0 Å². The highest BCUT2D eigenvalue weighted by atomic mass is 15.2. The maximum absolute atomic E-state index is 3.56. The molecule has 0 bridgehead atoms. The molecule has 2 nitrogen and oxygen atoms in total. The monoisotopic (exact) mass is 258 g/mol. The van der Waals surface area contributed by atoms with E-state index >= 15 is 0 Å². The molecule has 2 heterocycles. The molecule has 0 aliphatic carbocycles. The van der Waals surface area contributed by atoms with Crippen LogP contribution >= 0.6 is 0 Å². The van der Waals surface area contributed by atoms with Crippen molar-refractivity contribution in [1.82, 2.24) is 0 Å². The quantitative estimate of drug-likeness (QED) is 0.874. The van der Waals surface area contributed by atoms with Gasteiger partial charge in [-0.15, -0.1) is 0 Å². The molecule has 2 heteroatoms. The molecule has 1 atom stereocenters. The number of fused-ring (bicyclic) bond motifs is 1. The normalized spacial score (nSPS) is 22.8. The Balaban J connectivity index is 1.91. The molecular formula is C17H26N2. The van der Waals surface area contributed by atoms with Crippen molar-refractivity contribution in [3.05, 3.63) is 23.8 Å². The van der Waals surface area contributed by atoms with E-state index in [1.54, 1.807) is 5.56 Å². The highest BCUT2D eigenvalue weighted by molar-refractivity contribution is 5.68. The molecule has 3 rings (SSSR count). The first-order valence-corrected chi connectivity index (χ1v) is 8.02. The van der Waals surface area contributed by atoms with E-state index < -0.39 is 0 Å². The molecule has 0 radical (unpaired) electrons. The fraction of sp³-hybridized carbons (Fsp3) is 0.647. The maximum Gasteiger partial charge on any atom is 0.0422 e. The largest absolute Gasteiger partial charge is 0.385 e. The van der Waals surface area contributed by atoms with E-state index in [2.05, 4.69) is 35.3 Å². The Morgan fingerprint density at radius 1 is 1.26 bits per heavy atom. The van der Waals surface area contributed by atoms with Crippen molar-refractivity contribution in [3.63, 3.8) is 0 Å². The third-order valence-electron chi connectivity index (χ3n) is 4.63. The number of anilines is 2. The zero-order chi connectivity index (χ0) is 13.1. The average molecular weight is 258 g/mol. The molecule has 0 amide bonds. The summed E-state index contributed by atoms with van der Waals surface area (Å²) < 4.78 is 0. The molecule has 1 saturated heterocycles. The maximum atomic E-state index is 3.56. The predicted molar refractivity (Wildman–Crippen MR) is 83.1 cm³/mol. The lowest BCUT2D eigenvalue weighted by Gasteiger charge is -2.39. The van der Waals surface area contributed by atoms with Gasteiger partial charge in [-0.3, -0.25) is 0 Å². The lowest BCUT2D eigenvalue weighted by atomic mass is 9.94. The summed E-state index contributed by atoms with van der Waals surface area (Å²) in [6.45, 7) is 4.70. The number of nitrogens with one attached hydrogen (secondary N) is 1. The second-order valence-electron chi connectivity index (χ2n) is 5.97. The summed E-state index contributed by atoms with van der Waals surface area (Å²) in [4.78, 5) is 2.71. The van der Waals surface area contributed by atoms with Crippen molar-refractivity contribution in [2.24, 2.45) is 0 Å². The Morgan fingerprint density at radius 3 is 3.11 bits per heavy atom. The standard InChI is InChI=1S/C17H26N2/c1-2-7-14-8-3-4-13-19(14)17-11-5-10-16-15(17)9-6-12-18-16/h5,10-11,14,18H,2-4,6-9,12-13H2,1H3. The highest BCUT2D eigenvalue weighted by Crippen LogP contribution is 2.35. The van der Waals surface area contributed by atoms with Gasteiger partial charge in [0.15, 0.2) is 0 Å². The Morgan fingerprint density at radius 2 is 2.21 bits per heavy atom. The fourth-order valence-corrected chi connectivity index (χ4v) is 3.71. The van der Waals surface area contributed by atoms with Crippen LogP contribution in [0.2, 0.25) is 0 Å². The highest BCUT2D eigenvalue weighted by Gasteiger charge is 2.25. The van der Waals surface area contributed by atoms with Crippen LogP contribution in [-0.4, -0.2) is 19.1 Å². The number of hydrogen-bond donors (Lipinski definition) is 1. The van der Waals surface area contributed by atoms with E-state index in [-0.39, 0.29) is 0 Å². The summed E-state index contributed by atoms with van der Waals surface area (Å²) in [5, 5.41) is 3.56. The molecule has 1 aromatic carbocycles. The van der Waals surface area contributed by atoms with Gasteiger partial charge < -0.3 is 10.2 Å². The van der Waals surface area contributed by atoms with Gasteiger partial charge in [0, 0.05) is 30.5 Å². The van der Waals surface area contributed by atoms with Crippen LogP contribution in [-0.2, 0) is 6.42 Å². The van der Waals surface area contributed by atoms with Crippen molar-refractivity contribution >= 4 is 11.4 Å². The number of benzene rings is 1. The van der Waals surface area contributed by atoms with Crippen LogP contribution in [0.25, 0.3) is 0 Å². The minimum atomic E-state index is 0.771. The molecule has 1 fully saturated rings. The van der Waals surface area contributed by atoms with Crippen molar-refractivity contribution in [1.29, 1.82) is 0 Å². The van der Waals surface area contributed by atoms with E-state index in [4.69, 9.17) is 0 Å². The van der Waals surface area contributed by atoms with Crippen LogP contribution in [0.4, 0.5) is 11.4 Å². The van der Waals surface area contributed by atoms with E-state index in [1.807, 2.05) is 0 Å². The fourth-order valence-electron chi connectivity index (χ4n) is 3.71. The Labute approximate surface area is 117 Å². The van der Waals surface area contributed by atoms with Gasteiger partial charge in [0.05, 0.1) is 0 Å². The van der Waals surface area contributed by atoms with Gasteiger partial charge in [-0.2, -0.15) is 0 Å². The second-order valence-corrected chi connectivity index (χ2v) is 5.97. The summed E-state index contributed by atoms with van der Waals surface area (Å²) in [7, 11) is 0. The number of piperidine rings is 1. The molecule has 1 unspecified atom stereocenters. The van der Waals surface area contributed by atoms with E-state index in [1.165, 1.54) is 62.9 Å². The molecule has 19 heavy (non-hydrogen) atoms. The van der Waals surface area contributed by atoms with Crippen molar-refractivity contribution in [2.45, 2.75) is 57.9 Å². The number of nitrogens with zero attached hydrogens (tertiary/aromatic N) is 1. The zero-order valence-electron chi connectivity index (χ0n) is 12.1. The lowest BCUT2D eigenvalue weighted by molar-refractivity contribution is 0.434. The zero-order valence-corrected chi connectivity index (χ0v) is 12.1. The van der Waals surface area contributed by atoms with Crippen LogP contribution in [0.5, 0.6) is 0 Å². The smallest absolute Gasteiger partial charge is 0.0422 e. The van der Waals surface area contributed by atoms with Crippen molar-refractivity contribution in [3.8, 4) is 0 Å². The van der Waals surface area contributed by atoms with Gasteiger partial charge in [-0.1, -0.05) is 19.4 Å². The lowest BCUT2D eigenvalue weighted by Crippen LogP contribution is -2.40. The topological polar surface area (TPSA) is 15.3 Å². The van der Waals surface area contributed by atoms with Crippen LogP contribution < -0.4 is 10.2 Å². The van der Waals surface area contributed by atoms with Gasteiger partial charge in [-0.25, -0.2) is 0 Å². The second kappa shape index (κ2) is 5.85. The van der Waals surface area contributed by atoms with Crippen LogP contribution in [0.15, 0.2) is 18.2 Å². The Bertz CT molecular complexity index is 425. The van der Waals surface area contributed by atoms with Gasteiger partial charge in [0.2, 0.25) is 0 Å². The first-order valence-electron chi connectivity index (χ1n) is 8.02. The minimum absolute atomic E-state index is 0.771. The SMILES string of the molecule is CCCC1CCCCN1c1cccc2c1CCCN2. The van der Waals surface area contributed by atoms with Gasteiger partial charge in [0.1, 0.15) is 0 Å². The van der Waals surface area contributed by atoms with Gasteiger partial charge in [-0.05, 0) is 56.2 Å². The Kier molecular flexibility index (Phi) is 3.95. The summed E-state index contributed by atoms with van der Waals surface area (Å²) in [6, 6.07) is 7.59. The van der Waals surface area contributed by atoms with Crippen molar-refractivity contribution in [2.75, 3.05) is 23.3 Å². The predicted octanol–water partition coefficient (Wildman–Crippen LogP) is 4.20. The third kappa shape index (κ3) is 2.58. The Hall–Kier alpha value is -1.18. The molecule has 1 aromatic rings. The van der Waals surface area contributed by atoms with Crippen LogP contribution in [0.3, 0.4) is 0 Å². The van der Waals surface area contributed by atoms with Crippen LogP contribution in [0.1, 0.15) is 51.0 Å². The minimum Gasteiger partial charge on any atom is -0.385 e. The van der Waals surface area contributed by atoms with Gasteiger partial charge in [0.25, 0.3) is 0 Å². The molecule has 2 aliphatic heterocycles. The molecular weight excluding hydrogens is 232 g/mol. The van der Waals surface area contributed by atoms with Gasteiger partial charge >= 0.3 is 0 Å². The number of hydrogen-bond acceptors (Lipinski definition) is 2. The van der Waals surface area contributed by atoms with E-state index in [9.17, 15) is 0 Å². The summed E-state index contributed by atoms with van der Waals surface area (Å²) in [5.74, 6) is 0. The van der Waals surface area contributed by atoms with Crippen LogP contribution in [0, 0.1) is 0 Å². The summed E-state index contributed by atoms with van der Waals surface area (Å²) in [5.41, 5.74) is 4.46. The summed E-state index contributed by atoms with van der Waals surface area (Å²) in [6.07, 6.45) is 9.31. The number of rotatable bonds is 3. The molecule has 104 valence electrons. The molecule has 1 N–H and O–H groups in total. The van der Waals surface area contributed by atoms with E-state index in [0.717, 1.165) is 12.6 Å². The molecule has 0 aromatic heterocycles. The first kappa shape index (κ1) is 12.8. The molecule has 2 aliphatic rings. The van der Waals surface area contributed by atoms with Crippen molar-refractivity contribution < 1.29 is 0 Å². The third-order valence-corrected chi connectivity index (χ3v) is 4.63. The first-order chi connectivity index (χ1) is 9.40. The average Bonchev–Trinajstić information content (AvgIpc) is 2.48. The molecule has 0 saturated carbocycles.